The van der Waals surface area contributed by atoms with Gasteiger partial charge in [0.2, 0.25) is 0 Å². The van der Waals surface area contributed by atoms with E-state index in [1.807, 2.05) is 0 Å². The standard InChI is InChI=1S/C18H14Cl2F3NO2.Na.H/c1-3-15(25)12-8-11(4-5-17(12,2)9-24)26-16-13(19)6-10(7-14(16)20)18(21,22)23;;/h4-8,12H,3H2,1-2H3;;/q;+1;-1. The molecule has 1 aromatic rings. The first-order valence-electron chi connectivity index (χ1n) is 7.61. The summed E-state index contributed by atoms with van der Waals surface area (Å²) in [5.74, 6) is -0.887. The third-order valence-corrected chi connectivity index (χ3v) is 4.61. The van der Waals surface area contributed by atoms with Gasteiger partial charge in [-0.15, -0.1) is 0 Å². The Bertz CT molecular complexity index is 829. The number of Topliss-reactive ketones (excluding diaryl/α,β-unsaturated/α-hetero) is 1. The van der Waals surface area contributed by atoms with Crippen LogP contribution in [0.3, 0.4) is 0 Å². The number of nitrogens with zero attached hydrogens (tertiary/aromatic N) is 1. The maximum atomic E-state index is 12.8. The van der Waals surface area contributed by atoms with Crippen molar-refractivity contribution in [2.45, 2.75) is 26.4 Å². The third-order valence-electron chi connectivity index (χ3n) is 4.05. The predicted octanol–water partition coefficient (Wildman–Crippen LogP) is 3.09. The van der Waals surface area contributed by atoms with Crippen LogP contribution in [0.15, 0.2) is 36.1 Å². The van der Waals surface area contributed by atoms with Crippen molar-refractivity contribution in [2.24, 2.45) is 11.3 Å². The molecule has 9 heteroatoms. The molecule has 0 spiro atoms. The summed E-state index contributed by atoms with van der Waals surface area (Å²) in [6.45, 7) is 3.30. The van der Waals surface area contributed by atoms with Gasteiger partial charge in [-0.3, -0.25) is 4.79 Å². The number of nitriles is 1. The minimum atomic E-state index is -4.59. The van der Waals surface area contributed by atoms with Crippen LogP contribution in [0.25, 0.3) is 0 Å². The van der Waals surface area contributed by atoms with Crippen LogP contribution in [0.2, 0.25) is 10.0 Å². The van der Waals surface area contributed by atoms with Gasteiger partial charge >= 0.3 is 35.7 Å². The molecule has 0 aromatic heterocycles. The Morgan fingerprint density at radius 2 is 1.93 bits per heavy atom. The SMILES string of the molecule is CCC(=O)C1C=C(Oc2c(Cl)cc(C(F)(F)F)cc2Cl)C=CC1(C)C#N.[H-].[Na+]. The van der Waals surface area contributed by atoms with Gasteiger partial charge in [0.05, 0.1) is 33.0 Å². The van der Waals surface area contributed by atoms with Gasteiger partial charge in [0, 0.05) is 6.42 Å². The van der Waals surface area contributed by atoms with E-state index in [1.54, 1.807) is 13.8 Å². The van der Waals surface area contributed by atoms with Crippen molar-refractivity contribution in [3.8, 4) is 11.8 Å². The average Bonchev–Trinajstić information content (AvgIpc) is 2.57. The molecule has 0 N–H and O–H groups in total. The number of alkyl halides is 3. The second-order valence-corrected chi connectivity index (χ2v) is 6.78. The van der Waals surface area contributed by atoms with Crippen LogP contribution in [0.5, 0.6) is 5.75 Å². The minimum Gasteiger partial charge on any atom is -1.00 e. The quantitative estimate of drug-likeness (QED) is 0.693. The van der Waals surface area contributed by atoms with E-state index >= 15 is 0 Å². The van der Waals surface area contributed by atoms with E-state index in [1.165, 1.54) is 18.2 Å². The smallest absolute Gasteiger partial charge is 1.00 e. The number of benzene rings is 1. The van der Waals surface area contributed by atoms with E-state index in [9.17, 15) is 23.2 Å². The topological polar surface area (TPSA) is 50.1 Å². The fourth-order valence-electron chi connectivity index (χ4n) is 2.51. The van der Waals surface area contributed by atoms with E-state index < -0.39 is 23.1 Å². The number of allylic oxidation sites excluding steroid dienone is 3. The summed E-state index contributed by atoms with van der Waals surface area (Å²) >= 11 is 11.8. The zero-order valence-corrected chi connectivity index (χ0v) is 18.3. The van der Waals surface area contributed by atoms with E-state index in [4.69, 9.17) is 27.9 Å². The molecule has 0 heterocycles. The summed E-state index contributed by atoms with van der Waals surface area (Å²) in [7, 11) is 0. The minimum absolute atomic E-state index is 0. The van der Waals surface area contributed by atoms with Crippen LogP contribution in [0.4, 0.5) is 13.2 Å². The van der Waals surface area contributed by atoms with Crippen LogP contribution in [0.1, 0.15) is 27.3 Å². The molecule has 0 amide bonds. The third kappa shape index (κ3) is 5.30. The molecule has 0 fully saturated rings. The van der Waals surface area contributed by atoms with Crippen LogP contribution in [-0.4, -0.2) is 5.78 Å². The molecule has 140 valence electrons. The molecular weight excluding hydrogens is 413 g/mol. The first kappa shape index (κ1) is 24.1. The predicted molar refractivity (Wildman–Crippen MR) is 92.9 cm³/mol. The fraction of sp³-hybridized carbons (Fsp3) is 0.333. The number of halogens is 5. The molecule has 27 heavy (non-hydrogen) atoms. The average molecular weight is 428 g/mol. The van der Waals surface area contributed by atoms with Gasteiger partial charge in [0.15, 0.2) is 5.75 Å². The van der Waals surface area contributed by atoms with E-state index in [0.717, 1.165) is 0 Å². The van der Waals surface area contributed by atoms with Crippen molar-refractivity contribution >= 4 is 29.0 Å². The number of carbonyl (C=O) groups excluding carboxylic acids is 1. The summed E-state index contributed by atoms with van der Waals surface area (Å²) in [5.41, 5.74) is -2.03. The Kier molecular flexibility index (Phi) is 8.04. The van der Waals surface area contributed by atoms with Crippen LogP contribution in [-0.2, 0) is 11.0 Å². The molecule has 2 atom stereocenters. The Morgan fingerprint density at radius 1 is 1.37 bits per heavy atom. The van der Waals surface area contributed by atoms with E-state index in [-0.39, 0.29) is 64.7 Å². The first-order valence-corrected chi connectivity index (χ1v) is 8.36. The van der Waals surface area contributed by atoms with Crippen LogP contribution < -0.4 is 34.3 Å². The summed E-state index contributed by atoms with van der Waals surface area (Å²) < 4.78 is 43.9. The maximum Gasteiger partial charge on any atom is 1.00 e. The molecular formula is C18H15Cl2F3NNaO2. The fourth-order valence-corrected chi connectivity index (χ4v) is 3.08. The van der Waals surface area contributed by atoms with Gasteiger partial charge in [-0.2, -0.15) is 18.4 Å². The molecule has 0 bridgehead atoms. The van der Waals surface area contributed by atoms with Crippen molar-refractivity contribution in [3.05, 3.63) is 51.7 Å². The first-order chi connectivity index (χ1) is 12.0. The van der Waals surface area contributed by atoms with Gasteiger partial charge in [0.1, 0.15) is 11.5 Å². The summed E-state index contributed by atoms with van der Waals surface area (Å²) in [6.07, 6.45) is 0.0727. The van der Waals surface area contributed by atoms with E-state index in [0.29, 0.717) is 12.1 Å². The molecule has 2 unspecified atom stereocenters. The summed E-state index contributed by atoms with van der Waals surface area (Å²) in [5, 5.41) is 8.74. The number of carbonyl (C=O) groups is 1. The van der Waals surface area contributed by atoms with Crippen molar-refractivity contribution in [2.75, 3.05) is 0 Å². The molecule has 0 saturated carbocycles. The van der Waals surface area contributed by atoms with Gasteiger partial charge in [0.25, 0.3) is 0 Å². The molecule has 1 aliphatic rings. The molecule has 0 aliphatic heterocycles. The largest absolute Gasteiger partial charge is 1.00 e. The van der Waals surface area contributed by atoms with Crippen LogP contribution in [0, 0.1) is 22.7 Å². The molecule has 1 aromatic carbocycles. The Labute approximate surface area is 188 Å². The molecule has 3 nitrogen and oxygen atoms in total. The van der Waals surface area contributed by atoms with Gasteiger partial charge < -0.3 is 6.16 Å². The molecule has 0 radical (unpaired) electrons. The Balaban J connectivity index is 0.00000364. The van der Waals surface area contributed by atoms with Crippen molar-refractivity contribution in [1.82, 2.24) is 0 Å². The van der Waals surface area contributed by atoms with Crippen molar-refractivity contribution in [3.63, 3.8) is 0 Å². The number of ketones is 1. The van der Waals surface area contributed by atoms with Crippen molar-refractivity contribution < 1.29 is 53.7 Å². The molecule has 1 aliphatic carbocycles. The van der Waals surface area contributed by atoms with Gasteiger partial charge in [-0.25, -0.2) is 0 Å². The Morgan fingerprint density at radius 3 is 2.37 bits per heavy atom. The maximum absolute atomic E-state index is 12.8. The number of rotatable bonds is 4. The number of ether oxygens (including phenoxy) is 1. The Hall–Kier alpha value is -0.970. The zero-order valence-electron chi connectivity index (χ0n) is 15.8. The van der Waals surface area contributed by atoms with Crippen LogP contribution >= 0.6 is 23.2 Å². The monoisotopic (exact) mass is 427 g/mol. The molecule has 0 saturated heterocycles. The number of hydrogen-bond donors (Lipinski definition) is 0. The van der Waals surface area contributed by atoms with Gasteiger partial charge in [-0.05, 0) is 31.2 Å². The van der Waals surface area contributed by atoms with Gasteiger partial charge in [-0.1, -0.05) is 36.2 Å². The second-order valence-electron chi connectivity index (χ2n) is 5.96. The number of hydrogen-bond acceptors (Lipinski definition) is 3. The van der Waals surface area contributed by atoms with E-state index in [2.05, 4.69) is 6.07 Å². The zero-order chi connectivity index (χ0) is 19.7. The molecule has 2 rings (SSSR count). The van der Waals surface area contributed by atoms with Crippen molar-refractivity contribution in [1.29, 1.82) is 5.26 Å². The summed E-state index contributed by atoms with van der Waals surface area (Å²) in [4.78, 5) is 12.2. The second kappa shape index (κ2) is 9.02. The summed E-state index contributed by atoms with van der Waals surface area (Å²) in [6, 6.07) is 3.52. The normalized spacial score (nSPS) is 21.7.